The number of likely N-dealkylation sites (tertiary alicyclic amines) is 1. The SMILES string of the molecule is O=C(NCCc1ccccc1F)C1CCCN(C(=O)CCc2c[nH]c3ccccc23)C1. The van der Waals surface area contributed by atoms with E-state index in [9.17, 15) is 14.0 Å². The Bertz CT molecular complexity index is 1060. The molecule has 162 valence electrons. The molecule has 6 heteroatoms. The zero-order valence-electron chi connectivity index (χ0n) is 17.6. The molecule has 1 saturated heterocycles. The number of halogens is 1. The van der Waals surface area contributed by atoms with Crippen LogP contribution in [0.3, 0.4) is 0 Å². The fourth-order valence-electron chi connectivity index (χ4n) is 4.32. The van der Waals surface area contributed by atoms with Crippen molar-refractivity contribution in [2.75, 3.05) is 19.6 Å². The molecule has 1 aliphatic rings. The second kappa shape index (κ2) is 9.77. The van der Waals surface area contributed by atoms with Crippen LogP contribution in [0.2, 0.25) is 0 Å². The number of carbonyl (C=O) groups is 2. The Morgan fingerprint density at radius 2 is 1.87 bits per heavy atom. The van der Waals surface area contributed by atoms with Gasteiger partial charge >= 0.3 is 0 Å². The summed E-state index contributed by atoms with van der Waals surface area (Å²) >= 11 is 0. The first-order chi connectivity index (χ1) is 15.1. The molecule has 3 aromatic rings. The number of H-pyrrole nitrogens is 1. The highest BCUT2D eigenvalue weighted by molar-refractivity contribution is 5.84. The molecule has 4 rings (SSSR count). The molecule has 31 heavy (non-hydrogen) atoms. The molecule has 1 aromatic heterocycles. The van der Waals surface area contributed by atoms with E-state index in [0.717, 1.165) is 29.3 Å². The van der Waals surface area contributed by atoms with Crippen molar-refractivity contribution in [1.82, 2.24) is 15.2 Å². The summed E-state index contributed by atoms with van der Waals surface area (Å²) in [6.45, 7) is 1.55. The number of aryl methyl sites for hydroxylation is 1. The zero-order chi connectivity index (χ0) is 21.6. The minimum atomic E-state index is -0.249. The number of aromatic amines is 1. The lowest BCUT2D eigenvalue weighted by molar-refractivity contribution is -0.135. The topological polar surface area (TPSA) is 65.2 Å². The van der Waals surface area contributed by atoms with Gasteiger partial charge in [0.05, 0.1) is 5.92 Å². The third kappa shape index (κ3) is 5.13. The smallest absolute Gasteiger partial charge is 0.224 e. The molecule has 0 bridgehead atoms. The van der Waals surface area contributed by atoms with Crippen molar-refractivity contribution in [3.63, 3.8) is 0 Å². The minimum Gasteiger partial charge on any atom is -0.361 e. The van der Waals surface area contributed by atoms with Crippen LogP contribution in [0.5, 0.6) is 0 Å². The highest BCUT2D eigenvalue weighted by Crippen LogP contribution is 2.21. The van der Waals surface area contributed by atoms with Crippen molar-refractivity contribution in [1.29, 1.82) is 0 Å². The molecule has 0 radical (unpaired) electrons. The normalized spacial score (nSPS) is 16.4. The van der Waals surface area contributed by atoms with Crippen LogP contribution in [0.1, 0.15) is 30.4 Å². The maximum Gasteiger partial charge on any atom is 0.224 e. The van der Waals surface area contributed by atoms with Gasteiger partial charge in [-0.05, 0) is 48.9 Å². The predicted octanol–water partition coefficient (Wildman–Crippen LogP) is 3.84. The second-order valence-corrected chi connectivity index (χ2v) is 8.17. The number of rotatable bonds is 7. The van der Waals surface area contributed by atoms with Gasteiger partial charge in [-0.15, -0.1) is 0 Å². The highest BCUT2D eigenvalue weighted by Gasteiger charge is 2.28. The van der Waals surface area contributed by atoms with E-state index in [1.54, 1.807) is 18.2 Å². The maximum absolute atomic E-state index is 13.7. The number of aromatic nitrogens is 1. The first kappa shape index (κ1) is 21.1. The Morgan fingerprint density at radius 1 is 1.06 bits per heavy atom. The molecule has 1 unspecified atom stereocenters. The van der Waals surface area contributed by atoms with E-state index in [-0.39, 0.29) is 23.5 Å². The number of hydrogen-bond donors (Lipinski definition) is 2. The van der Waals surface area contributed by atoms with Crippen LogP contribution >= 0.6 is 0 Å². The number of nitrogens with zero attached hydrogens (tertiary/aromatic N) is 1. The van der Waals surface area contributed by atoms with E-state index in [0.29, 0.717) is 44.5 Å². The number of nitrogens with one attached hydrogen (secondary N) is 2. The summed E-state index contributed by atoms with van der Waals surface area (Å²) in [4.78, 5) is 30.4. The quantitative estimate of drug-likeness (QED) is 0.609. The fourth-order valence-corrected chi connectivity index (χ4v) is 4.32. The van der Waals surface area contributed by atoms with Crippen LogP contribution in [-0.2, 0) is 22.4 Å². The molecule has 2 heterocycles. The molecule has 1 fully saturated rings. The third-order valence-corrected chi connectivity index (χ3v) is 6.08. The van der Waals surface area contributed by atoms with Crippen molar-refractivity contribution in [3.8, 4) is 0 Å². The molecule has 1 atom stereocenters. The summed E-state index contributed by atoms with van der Waals surface area (Å²) in [5.41, 5.74) is 2.82. The van der Waals surface area contributed by atoms with Crippen LogP contribution in [-0.4, -0.2) is 41.3 Å². The average molecular weight is 422 g/mol. The lowest BCUT2D eigenvalue weighted by Crippen LogP contribution is -2.45. The Morgan fingerprint density at radius 3 is 2.74 bits per heavy atom. The van der Waals surface area contributed by atoms with Crippen LogP contribution < -0.4 is 5.32 Å². The van der Waals surface area contributed by atoms with Crippen molar-refractivity contribution in [2.24, 2.45) is 5.92 Å². The van der Waals surface area contributed by atoms with Crippen molar-refractivity contribution in [2.45, 2.75) is 32.1 Å². The number of amides is 2. The van der Waals surface area contributed by atoms with Crippen LogP contribution in [0.15, 0.2) is 54.7 Å². The fraction of sp³-hybridized carbons (Fsp3) is 0.360. The first-order valence-electron chi connectivity index (χ1n) is 11.0. The van der Waals surface area contributed by atoms with Crippen LogP contribution in [0.25, 0.3) is 10.9 Å². The average Bonchev–Trinajstić information content (AvgIpc) is 3.22. The molecule has 2 N–H and O–H groups in total. The van der Waals surface area contributed by atoms with E-state index in [1.165, 1.54) is 6.07 Å². The van der Waals surface area contributed by atoms with E-state index >= 15 is 0 Å². The monoisotopic (exact) mass is 421 g/mol. The van der Waals surface area contributed by atoms with E-state index in [2.05, 4.69) is 16.4 Å². The molecule has 1 aliphatic heterocycles. The van der Waals surface area contributed by atoms with Crippen LogP contribution in [0.4, 0.5) is 4.39 Å². The minimum absolute atomic E-state index is 0.0505. The van der Waals surface area contributed by atoms with Gasteiger partial charge in [-0.25, -0.2) is 4.39 Å². The second-order valence-electron chi connectivity index (χ2n) is 8.17. The van der Waals surface area contributed by atoms with Gasteiger partial charge < -0.3 is 15.2 Å². The number of piperidine rings is 1. The van der Waals surface area contributed by atoms with Gasteiger partial charge in [0.25, 0.3) is 0 Å². The highest BCUT2D eigenvalue weighted by atomic mass is 19.1. The number of hydrogen-bond acceptors (Lipinski definition) is 2. The number of benzene rings is 2. The van der Waals surface area contributed by atoms with Crippen molar-refractivity contribution in [3.05, 3.63) is 71.7 Å². The Labute approximate surface area is 181 Å². The molecule has 5 nitrogen and oxygen atoms in total. The predicted molar refractivity (Wildman–Crippen MR) is 119 cm³/mol. The van der Waals surface area contributed by atoms with Gasteiger partial charge in [0, 0.05) is 43.2 Å². The third-order valence-electron chi connectivity index (χ3n) is 6.08. The number of carbonyl (C=O) groups excluding carboxylic acids is 2. The summed E-state index contributed by atoms with van der Waals surface area (Å²) in [6, 6.07) is 14.7. The summed E-state index contributed by atoms with van der Waals surface area (Å²) in [6.07, 6.45) is 5.14. The zero-order valence-corrected chi connectivity index (χ0v) is 17.6. The van der Waals surface area contributed by atoms with E-state index < -0.39 is 0 Å². The van der Waals surface area contributed by atoms with Crippen LogP contribution in [0, 0.1) is 11.7 Å². The molecular formula is C25H28FN3O2. The molecule has 2 amide bonds. The molecule has 2 aromatic carbocycles. The molecular weight excluding hydrogens is 393 g/mol. The Kier molecular flexibility index (Phi) is 6.65. The van der Waals surface area contributed by atoms with Gasteiger partial charge in [-0.2, -0.15) is 0 Å². The summed E-state index contributed by atoms with van der Waals surface area (Å²) in [5.74, 6) is -0.410. The van der Waals surface area contributed by atoms with E-state index in [4.69, 9.17) is 0 Å². The van der Waals surface area contributed by atoms with Gasteiger partial charge in [0.2, 0.25) is 11.8 Å². The summed E-state index contributed by atoms with van der Waals surface area (Å²) in [7, 11) is 0. The Balaban J connectivity index is 1.26. The lowest BCUT2D eigenvalue weighted by Gasteiger charge is -2.32. The molecule has 0 saturated carbocycles. The number of para-hydroxylation sites is 1. The summed E-state index contributed by atoms with van der Waals surface area (Å²) in [5, 5.41) is 4.07. The summed E-state index contributed by atoms with van der Waals surface area (Å²) < 4.78 is 13.7. The van der Waals surface area contributed by atoms with Crippen molar-refractivity contribution >= 4 is 22.7 Å². The molecule has 0 spiro atoms. The van der Waals surface area contributed by atoms with Gasteiger partial charge in [-0.3, -0.25) is 9.59 Å². The van der Waals surface area contributed by atoms with E-state index in [1.807, 2.05) is 29.3 Å². The van der Waals surface area contributed by atoms with Gasteiger partial charge in [-0.1, -0.05) is 36.4 Å². The number of fused-ring (bicyclic) bond motifs is 1. The first-order valence-corrected chi connectivity index (χ1v) is 11.0. The Hall–Kier alpha value is -3.15. The lowest BCUT2D eigenvalue weighted by atomic mass is 9.96. The molecule has 0 aliphatic carbocycles. The van der Waals surface area contributed by atoms with Crippen molar-refractivity contribution < 1.29 is 14.0 Å². The largest absolute Gasteiger partial charge is 0.361 e. The maximum atomic E-state index is 13.7. The standard InChI is InChI=1S/C25H28FN3O2/c26-22-9-3-1-6-18(22)13-14-27-25(31)20-7-5-15-29(17-20)24(30)12-11-19-16-28-23-10-4-2-8-21(19)23/h1-4,6,8-10,16,20,28H,5,7,11-15,17H2,(H,27,31). The van der Waals surface area contributed by atoms with Gasteiger partial charge in [0.15, 0.2) is 0 Å². The van der Waals surface area contributed by atoms with Gasteiger partial charge in [0.1, 0.15) is 5.82 Å².